The Morgan fingerprint density at radius 2 is 2.14 bits per heavy atom. The van der Waals surface area contributed by atoms with Crippen LogP contribution in [0.2, 0.25) is 0 Å². The molecule has 114 valence electrons. The van der Waals surface area contributed by atoms with Crippen LogP contribution in [0.15, 0.2) is 18.2 Å². The molecule has 0 spiro atoms. The minimum Gasteiger partial charge on any atom is -0.381 e. The van der Waals surface area contributed by atoms with Gasteiger partial charge >= 0.3 is 0 Å². The molecule has 8 nitrogen and oxygen atoms in total. The summed E-state index contributed by atoms with van der Waals surface area (Å²) >= 11 is 0. The number of carbonyl (C=O) groups excluding carboxylic acids is 1. The van der Waals surface area contributed by atoms with Crippen LogP contribution in [0, 0.1) is 10.1 Å². The first-order valence-corrected chi connectivity index (χ1v) is 6.64. The fraction of sp³-hybridized carbons (Fsp3) is 0.462. The number of nitro benzene ring substituents is 1. The van der Waals surface area contributed by atoms with E-state index in [1.54, 1.807) is 12.0 Å². The molecule has 8 heteroatoms. The van der Waals surface area contributed by atoms with Crippen molar-refractivity contribution in [2.75, 3.05) is 25.6 Å². The summed E-state index contributed by atoms with van der Waals surface area (Å²) < 4.78 is 5.26. The molecule has 0 unspecified atom stereocenters. The van der Waals surface area contributed by atoms with Crippen LogP contribution in [0.3, 0.4) is 0 Å². The van der Waals surface area contributed by atoms with Gasteiger partial charge in [0.2, 0.25) is 0 Å². The Morgan fingerprint density at radius 1 is 1.48 bits per heavy atom. The Bertz CT molecular complexity index is 541. The number of anilines is 1. The van der Waals surface area contributed by atoms with E-state index in [9.17, 15) is 14.9 Å². The molecule has 1 aliphatic rings. The Kier molecular flexibility index (Phi) is 4.71. The van der Waals surface area contributed by atoms with Gasteiger partial charge in [-0.15, -0.1) is 0 Å². The Balaban J connectivity index is 2.15. The van der Waals surface area contributed by atoms with Gasteiger partial charge in [-0.2, -0.15) is 0 Å². The molecule has 0 saturated carbocycles. The lowest BCUT2D eigenvalue weighted by atomic mass is 10.1. The lowest BCUT2D eigenvalue weighted by molar-refractivity contribution is -0.384. The van der Waals surface area contributed by atoms with Crippen molar-refractivity contribution >= 4 is 17.3 Å². The molecule has 1 fully saturated rings. The number of nitro groups is 1. The van der Waals surface area contributed by atoms with E-state index < -0.39 is 4.92 Å². The third-order valence-electron chi connectivity index (χ3n) is 3.66. The summed E-state index contributed by atoms with van der Waals surface area (Å²) in [5.74, 6) is 5.12. The molecule has 0 bridgehead atoms. The third kappa shape index (κ3) is 3.29. The highest BCUT2D eigenvalue weighted by atomic mass is 16.6. The van der Waals surface area contributed by atoms with Gasteiger partial charge < -0.3 is 15.1 Å². The highest BCUT2D eigenvalue weighted by Crippen LogP contribution is 2.25. The van der Waals surface area contributed by atoms with Gasteiger partial charge in [0.1, 0.15) is 5.69 Å². The number of hydrogen-bond acceptors (Lipinski definition) is 6. The van der Waals surface area contributed by atoms with Crippen LogP contribution in [0.4, 0.5) is 11.4 Å². The minimum absolute atomic E-state index is 0.123. The van der Waals surface area contributed by atoms with E-state index >= 15 is 0 Å². The van der Waals surface area contributed by atoms with Crippen molar-refractivity contribution in [1.82, 2.24) is 4.90 Å². The predicted octanol–water partition coefficient (Wildman–Crippen LogP) is 1.13. The maximum atomic E-state index is 12.4. The van der Waals surface area contributed by atoms with Crippen LogP contribution in [-0.4, -0.2) is 42.0 Å². The molecule has 0 aliphatic carbocycles. The number of hydrogen-bond donors (Lipinski definition) is 2. The number of carbonyl (C=O) groups is 1. The van der Waals surface area contributed by atoms with Crippen LogP contribution in [0.25, 0.3) is 0 Å². The molecular formula is C13H18N4O4. The summed E-state index contributed by atoms with van der Waals surface area (Å²) in [4.78, 5) is 24.4. The molecule has 1 aromatic carbocycles. The smallest absolute Gasteiger partial charge is 0.293 e. The maximum Gasteiger partial charge on any atom is 0.293 e. The first-order valence-electron chi connectivity index (χ1n) is 6.64. The molecule has 1 heterocycles. The van der Waals surface area contributed by atoms with E-state index in [1.165, 1.54) is 18.2 Å². The molecule has 1 aromatic rings. The third-order valence-corrected chi connectivity index (χ3v) is 3.66. The number of amides is 1. The van der Waals surface area contributed by atoms with Gasteiger partial charge in [0.05, 0.1) is 11.0 Å². The zero-order chi connectivity index (χ0) is 15.4. The van der Waals surface area contributed by atoms with Crippen LogP contribution in [0.5, 0.6) is 0 Å². The van der Waals surface area contributed by atoms with E-state index in [1.807, 2.05) is 0 Å². The van der Waals surface area contributed by atoms with E-state index in [0.717, 1.165) is 12.8 Å². The fourth-order valence-electron chi connectivity index (χ4n) is 2.42. The van der Waals surface area contributed by atoms with Crippen molar-refractivity contribution in [2.24, 2.45) is 5.84 Å². The number of piperidine rings is 1. The summed E-state index contributed by atoms with van der Waals surface area (Å²) in [6.07, 6.45) is 1.77. The number of methoxy groups -OCH3 is 1. The topological polar surface area (TPSA) is 111 Å². The van der Waals surface area contributed by atoms with Crippen molar-refractivity contribution in [2.45, 2.75) is 18.9 Å². The highest BCUT2D eigenvalue weighted by molar-refractivity contribution is 5.96. The van der Waals surface area contributed by atoms with Crippen LogP contribution < -0.4 is 11.3 Å². The van der Waals surface area contributed by atoms with Crippen molar-refractivity contribution in [3.8, 4) is 0 Å². The molecular weight excluding hydrogens is 276 g/mol. The van der Waals surface area contributed by atoms with Gasteiger partial charge in [0, 0.05) is 31.8 Å². The standard InChI is InChI=1S/C13H18N4O4/c1-21-10-4-6-16(7-5-10)13(18)9-2-3-12(17(19)20)11(8-9)15-14/h2-3,8,10,15H,4-7,14H2,1H3. The van der Waals surface area contributed by atoms with E-state index in [2.05, 4.69) is 5.43 Å². The summed E-state index contributed by atoms with van der Waals surface area (Å²) in [7, 11) is 1.66. The second-order valence-electron chi connectivity index (χ2n) is 4.86. The number of hydrazine groups is 1. The van der Waals surface area contributed by atoms with E-state index in [4.69, 9.17) is 10.6 Å². The Labute approximate surface area is 122 Å². The van der Waals surface area contributed by atoms with Crippen molar-refractivity contribution in [3.63, 3.8) is 0 Å². The lowest BCUT2D eigenvalue weighted by Gasteiger charge is -2.31. The van der Waals surface area contributed by atoms with Gasteiger partial charge in [-0.1, -0.05) is 0 Å². The molecule has 21 heavy (non-hydrogen) atoms. The zero-order valence-electron chi connectivity index (χ0n) is 11.7. The SMILES string of the molecule is COC1CCN(C(=O)c2ccc([N+](=O)[O-])c(NN)c2)CC1. The summed E-state index contributed by atoms with van der Waals surface area (Å²) in [6.45, 7) is 1.22. The Hall–Kier alpha value is -2.19. The van der Waals surface area contributed by atoms with E-state index in [-0.39, 0.29) is 23.4 Å². The molecule has 0 atom stereocenters. The minimum atomic E-state index is -0.548. The molecule has 3 N–H and O–H groups in total. The number of nitrogens with two attached hydrogens (primary N) is 1. The molecule has 0 radical (unpaired) electrons. The zero-order valence-corrected chi connectivity index (χ0v) is 11.7. The summed E-state index contributed by atoms with van der Waals surface area (Å²) in [5, 5.41) is 10.8. The number of rotatable bonds is 4. The molecule has 0 aromatic heterocycles. The summed E-state index contributed by atoms with van der Waals surface area (Å²) in [5.41, 5.74) is 2.60. The average molecular weight is 294 g/mol. The summed E-state index contributed by atoms with van der Waals surface area (Å²) in [6, 6.07) is 4.14. The number of likely N-dealkylation sites (tertiary alicyclic amines) is 1. The highest BCUT2D eigenvalue weighted by Gasteiger charge is 2.24. The first kappa shape index (κ1) is 15.2. The maximum absolute atomic E-state index is 12.4. The van der Waals surface area contributed by atoms with Crippen molar-refractivity contribution in [1.29, 1.82) is 0 Å². The molecule has 1 amide bonds. The lowest BCUT2D eigenvalue weighted by Crippen LogP contribution is -2.40. The van der Waals surface area contributed by atoms with Crippen LogP contribution in [-0.2, 0) is 4.74 Å². The number of benzene rings is 1. The predicted molar refractivity (Wildman–Crippen MR) is 76.8 cm³/mol. The quantitative estimate of drug-likeness (QED) is 0.489. The number of nitrogen functional groups attached to an aromatic ring is 1. The first-order chi connectivity index (χ1) is 10.1. The van der Waals surface area contributed by atoms with Crippen molar-refractivity contribution < 1.29 is 14.5 Å². The van der Waals surface area contributed by atoms with Crippen LogP contribution >= 0.6 is 0 Å². The molecule has 1 aliphatic heterocycles. The molecule has 2 rings (SSSR count). The Morgan fingerprint density at radius 3 is 2.67 bits per heavy atom. The fourth-order valence-corrected chi connectivity index (χ4v) is 2.42. The van der Waals surface area contributed by atoms with Gasteiger partial charge in [-0.3, -0.25) is 20.8 Å². The van der Waals surface area contributed by atoms with Crippen LogP contribution in [0.1, 0.15) is 23.2 Å². The number of nitrogens with one attached hydrogen (secondary N) is 1. The van der Waals surface area contributed by atoms with E-state index in [0.29, 0.717) is 18.7 Å². The number of nitrogens with zero attached hydrogens (tertiary/aromatic N) is 2. The van der Waals surface area contributed by atoms with Gasteiger partial charge in [0.15, 0.2) is 0 Å². The second kappa shape index (κ2) is 6.51. The van der Waals surface area contributed by atoms with Gasteiger partial charge in [-0.25, -0.2) is 0 Å². The number of ether oxygens (including phenoxy) is 1. The largest absolute Gasteiger partial charge is 0.381 e. The van der Waals surface area contributed by atoms with Gasteiger partial charge in [0.25, 0.3) is 11.6 Å². The monoisotopic (exact) mass is 294 g/mol. The van der Waals surface area contributed by atoms with Crippen molar-refractivity contribution in [3.05, 3.63) is 33.9 Å². The molecule has 1 saturated heterocycles. The van der Waals surface area contributed by atoms with Gasteiger partial charge in [-0.05, 0) is 25.0 Å². The average Bonchev–Trinajstić information content (AvgIpc) is 2.53. The second-order valence-corrected chi connectivity index (χ2v) is 4.86. The normalized spacial score (nSPS) is 15.8.